The Morgan fingerprint density at radius 3 is 2.55 bits per heavy atom. The highest BCUT2D eigenvalue weighted by atomic mass is 16.5. The zero-order valence-electron chi connectivity index (χ0n) is 17.9. The van der Waals surface area contributed by atoms with E-state index in [2.05, 4.69) is 20.7 Å². The van der Waals surface area contributed by atoms with Crippen LogP contribution in [0.25, 0.3) is 16.8 Å². The molecule has 0 aliphatic heterocycles. The Bertz CT molecular complexity index is 1280. The number of aromatic nitrogens is 3. The second kappa shape index (κ2) is 9.12. The minimum absolute atomic E-state index is 0.0306. The molecular formula is C25H23N5O3. The second-order valence-corrected chi connectivity index (χ2v) is 7.88. The van der Waals surface area contributed by atoms with E-state index in [1.807, 2.05) is 54.6 Å². The molecule has 0 spiro atoms. The molecule has 1 aliphatic rings. The van der Waals surface area contributed by atoms with E-state index in [1.165, 1.54) is 0 Å². The van der Waals surface area contributed by atoms with Crippen LogP contribution in [0.5, 0.6) is 5.75 Å². The first-order chi connectivity index (χ1) is 16.2. The SMILES string of the molecule is O=C(NCCOc1ccccc1)c1ccc(-c2cccn3nc(NC(=O)C4CC4)nc23)cc1. The minimum atomic E-state index is -0.163. The summed E-state index contributed by atoms with van der Waals surface area (Å²) in [4.78, 5) is 29.0. The molecule has 33 heavy (non-hydrogen) atoms. The van der Waals surface area contributed by atoms with Crippen LogP contribution in [0.2, 0.25) is 0 Å². The van der Waals surface area contributed by atoms with E-state index in [-0.39, 0.29) is 17.7 Å². The van der Waals surface area contributed by atoms with Crippen molar-refractivity contribution in [3.8, 4) is 16.9 Å². The number of nitrogens with one attached hydrogen (secondary N) is 2. The Hall–Kier alpha value is -4.20. The minimum Gasteiger partial charge on any atom is -0.492 e. The van der Waals surface area contributed by atoms with Crippen molar-refractivity contribution in [2.45, 2.75) is 12.8 Å². The van der Waals surface area contributed by atoms with Crippen LogP contribution in [-0.2, 0) is 4.79 Å². The van der Waals surface area contributed by atoms with Crippen molar-refractivity contribution >= 4 is 23.4 Å². The maximum Gasteiger partial charge on any atom is 0.251 e. The van der Waals surface area contributed by atoms with Crippen LogP contribution in [0.1, 0.15) is 23.2 Å². The number of anilines is 1. The first kappa shape index (κ1) is 20.7. The number of nitrogens with zero attached hydrogens (tertiary/aromatic N) is 3. The number of ether oxygens (including phenoxy) is 1. The van der Waals surface area contributed by atoms with Crippen LogP contribution in [0.3, 0.4) is 0 Å². The molecule has 0 bridgehead atoms. The van der Waals surface area contributed by atoms with E-state index in [0.29, 0.717) is 30.3 Å². The molecule has 0 radical (unpaired) electrons. The number of fused-ring (bicyclic) bond motifs is 1. The van der Waals surface area contributed by atoms with E-state index in [9.17, 15) is 9.59 Å². The average Bonchev–Trinajstić information content (AvgIpc) is 3.62. The van der Waals surface area contributed by atoms with Gasteiger partial charge in [0.1, 0.15) is 12.4 Å². The fraction of sp³-hybridized carbons (Fsp3) is 0.200. The van der Waals surface area contributed by atoms with E-state index >= 15 is 0 Å². The number of benzene rings is 2. The first-order valence-corrected chi connectivity index (χ1v) is 10.9. The molecular weight excluding hydrogens is 418 g/mol. The molecule has 5 rings (SSSR count). The maximum atomic E-state index is 12.4. The summed E-state index contributed by atoms with van der Waals surface area (Å²) in [5.41, 5.74) is 2.96. The molecule has 4 aromatic rings. The predicted molar refractivity (Wildman–Crippen MR) is 124 cm³/mol. The summed E-state index contributed by atoms with van der Waals surface area (Å²) in [7, 11) is 0. The van der Waals surface area contributed by atoms with Crippen LogP contribution < -0.4 is 15.4 Å². The van der Waals surface area contributed by atoms with Crippen LogP contribution in [0.4, 0.5) is 5.95 Å². The summed E-state index contributed by atoms with van der Waals surface area (Å²) in [6, 6.07) is 20.6. The normalized spacial score (nSPS) is 13.0. The molecule has 0 saturated heterocycles. The Morgan fingerprint density at radius 2 is 1.79 bits per heavy atom. The lowest BCUT2D eigenvalue weighted by atomic mass is 10.0. The number of hydrogen-bond donors (Lipinski definition) is 2. The molecule has 8 heteroatoms. The molecule has 1 fully saturated rings. The number of rotatable bonds is 8. The standard InChI is InChI=1S/C25H23N5O3/c31-23(26-14-16-33-20-5-2-1-3-6-20)18-10-8-17(9-11-18)21-7-4-15-30-22(21)27-25(29-30)28-24(32)19-12-13-19/h1-11,15,19H,12-14,16H2,(H,26,31)(H,28,29,32). The number of para-hydroxylation sites is 1. The number of carbonyl (C=O) groups excluding carboxylic acids is 2. The average molecular weight is 441 g/mol. The Morgan fingerprint density at radius 1 is 1.00 bits per heavy atom. The van der Waals surface area contributed by atoms with E-state index in [0.717, 1.165) is 29.7 Å². The zero-order valence-corrected chi connectivity index (χ0v) is 17.9. The molecule has 0 atom stereocenters. The van der Waals surface area contributed by atoms with Crippen molar-refractivity contribution in [1.82, 2.24) is 19.9 Å². The van der Waals surface area contributed by atoms with Crippen molar-refractivity contribution < 1.29 is 14.3 Å². The molecule has 166 valence electrons. The summed E-state index contributed by atoms with van der Waals surface area (Å²) in [5, 5.41) is 10.0. The second-order valence-electron chi connectivity index (χ2n) is 7.88. The quantitative estimate of drug-likeness (QED) is 0.408. The van der Waals surface area contributed by atoms with Crippen molar-refractivity contribution in [3.05, 3.63) is 78.5 Å². The van der Waals surface area contributed by atoms with Gasteiger partial charge in [-0.05, 0) is 54.8 Å². The van der Waals surface area contributed by atoms with Gasteiger partial charge in [0.15, 0.2) is 5.65 Å². The largest absolute Gasteiger partial charge is 0.492 e. The summed E-state index contributed by atoms with van der Waals surface area (Å²) in [6.07, 6.45) is 3.63. The number of pyridine rings is 1. The highest BCUT2D eigenvalue weighted by molar-refractivity contribution is 5.95. The van der Waals surface area contributed by atoms with Crippen molar-refractivity contribution in [3.63, 3.8) is 0 Å². The van der Waals surface area contributed by atoms with Gasteiger partial charge in [-0.15, -0.1) is 5.10 Å². The van der Waals surface area contributed by atoms with Crippen molar-refractivity contribution in [2.75, 3.05) is 18.5 Å². The third-order valence-electron chi connectivity index (χ3n) is 5.40. The van der Waals surface area contributed by atoms with E-state index in [1.54, 1.807) is 22.8 Å². The van der Waals surface area contributed by atoms with Gasteiger partial charge in [-0.3, -0.25) is 14.9 Å². The molecule has 8 nitrogen and oxygen atoms in total. The van der Waals surface area contributed by atoms with Gasteiger partial charge in [0.05, 0.1) is 6.54 Å². The molecule has 2 N–H and O–H groups in total. The smallest absolute Gasteiger partial charge is 0.251 e. The fourth-order valence-corrected chi connectivity index (χ4v) is 3.50. The Balaban J connectivity index is 1.23. The van der Waals surface area contributed by atoms with Crippen LogP contribution in [0, 0.1) is 5.92 Å². The topological polar surface area (TPSA) is 97.6 Å². The van der Waals surface area contributed by atoms with Gasteiger partial charge in [0, 0.05) is 23.2 Å². The Kier molecular flexibility index (Phi) is 5.72. The van der Waals surface area contributed by atoms with E-state index in [4.69, 9.17) is 4.74 Å². The summed E-state index contributed by atoms with van der Waals surface area (Å²) in [6.45, 7) is 0.798. The third-order valence-corrected chi connectivity index (χ3v) is 5.40. The van der Waals surface area contributed by atoms with Crippen LogP contribution in [0.15, 0.2) is 72.9 Å². The van der Waals surface area contributed by atoms with Crippen molar-refractivity contribution in [2.24, 2.45) is 5.92 Å². The van der Waals surface area contributed by atoms with Gasteiger partial charge in [-0.2, -0.15) is 4.98 Å². The van der Waals surface area contributed by atoms with Crippen LogP contribution >= 0.6 is 0 Å². The van der Waals surface area contributed by atoms with Gasteiger partial charge < -0.3 is 10.1 Å². The van der Waals surface area contributed by atoms with Gasteiger partial charge in [-0.25, -0.2) is 4.52 Å². The molecule has 2 aromatic heterocycles. The highest BCUT2D eigenvalue weighted by Crippen LogP contribution is 2.30. The number of hydrogen-bond acceptors (Lipinski definition) is 5. The van der Waals surface area contributed by atoms with Gasteiger partial charge >= 0.3 is 0 Å². The molecule has 2 aromatic carbocycles. The maximum absolute atomic E-state index is 12.4. The molecule has 1 aliphatic carbocycles. The summed E-state index contributed by atoms with van der Waals surface area (Å²) < 4.78 is 7.24. The third kappa shape index (κ3) is 4.85. The fourth-order valence-electron chi connectivity index (χ4n) is 3.50. The van der Waals surface area contributed by atoms with Crippen LogP contribution in [-0.4, -0.2) is 39.6 Å². The molecule has 1 saturated carbocycles. The monoisotopic (exact) mass is 441 g/mol. The predicted octanol–water partition coefficient (Wildman–Crippen LogP) is 3.55. The molecule has 2 amide bonds. The summed E-state index contributed by atoms with van der Waals surface area (Å²) >= 11 is 0. The molecule has 0 unspecified atom stereocenters. The van der Waals surface area contributed by atoms with Crippen molar-refractivity contribution in [1.29, 1.82) is 0 Å². The highest BCUT2D eigenvalue weighted by Gasteiger charge is 2.30. The number of carbonyl (C=O) groups is 2. The number of amides is 2. The van der Waals surface area contributed by atoms with E-state index < -0.39 is 0 Å². The molecule has 2 heterocycles. The van der Waals surface area contributed by atoms with Gasteiger partial charge in [0.2, 0.25) is 11.9 Å². The van der Waals surface area contributed by atoms with Gasteiger partial charge in [0.25, 0.3) is 5.91 Å². The zero-order chi connectivity index (χ0) is 22.6. The summed E-state index contributed by atoms with van der Waals surface area (Å²) in [5.74, 6) is 0.961. The Labute approximate surface area is 190 Å². The lowest BCUT2D eigenvalue weighted by Crippen LogP contribution is -2.28. The first-order valence-electron chi connectivity index (χ1n) is 10.9. The lowest BCUT2D eigenvalue weighted by Gasteiger charge is -2.08. The van der Waals surface area contributed by atoms with Gasteiger partial charge in [-0.1, -0.05) is 30.3 Å². The lowest BCUT2D eigenvalue weighted by molar-refractivity contribution is -0.117.